The van der Waals surface area contributed by atoms with Crippen LogP contribution < -0.4 is 0 Å². The lowest BCUT2D eigenvalue weighted by Crippen LogP contribution is -2.27. The molecule has 28 heavy (non-hydrogen) atoms. The molecule has 1 fully saturated rings. The quantitative estimate of drug-likeness (QED) is 0.407. The fourth-order valence-corrected chi connectivity index (χ4v) is 3.70. The van der Waals surface area contributed by atoms with Gasteiger partial charge in [0, 0.05) is 11.6 Å². The lowest BCUT2D eigenvalue weighted by Gasteiger charge is -2.18. The molecular weight excluding hydrogens is 376 g/mol. The maximum Gasteiger partial charge on any atom is 0.293 e. The zero-order chi connectivity index (χ0) is 20.5. The predicted octanol–water partition coefficient (Wildman–Crippen LogP) is 5.13. The second-order valence-corrected chi connectivity index (χ2v) is 8.52. The summed E-state index contributed by atoms with van der Waals surface area (Å²) in [5, 5.41) is 10.7. The van der Waals surface area contributed by atoms with Crippen molar-refractivity contribution < 1.29 is 14.5 Å². The van der Waals surface area contributed by atoms with Crippen LogP contribution in [0.2, 0.25) is 0 Å². The molecule has 2 aromatic carbocycles. The summed E-state index contributed by atoms with van der Waals surface area (Å²) in [5.41, 5.74) is 2.24. The first-order valence-corrected chi connectivity index (χ1v) is 9.56. The number of benzene rings is 2. The van der Waals surface area contributed by atoms with Crippen LogP contribution in [0.1, 0.15) is 37.5 Å². The van der Waals surface area contributed by atoms with Gasteiger partial charge in [-0.05, 0) is 34.4 Å². The first kappa shape index (κ1) is 19.8. The van der Waals surface area contributed by atoms with Crippen LogP contribution in [0.4, 0.5) is 10.5 Å². The highest BCUT2D eigenvalue weighted by atomic mass is 32.2. The molecule has 3 rings (SSSR count). The van der Waals surface area contributed by atoms with Gasteiger partial charge >= 0.3 is 0 Å². The van der Waals surface area contributed by atoms with Crippen molar-refractivity contribution in [1.82, 2.24) is 4.90 Å². The smallest absolute Gasteiger partial charge is 0.268 e. The predicted molar refractivity (Wildman–Crippen MR) is 110 cm³/mol. The van der Waals surface area contributed by atoms with Crippen molar-refractivity contribution in [3.05, 3.63) is 80.2 Å². The molecule has 1 heterocycles. The van der Waals surface area contributed by atoms with E-state index in [4.69, 9.17) is 0 Å². The normalized spacial score (nSPS) is 16.1. The average Bonchev–Trinajstić information content (AvgIpc) is 2.89. The molecule has 2 aromatic rings. The maximum atomic E-state index is 12.7. The summed E-state index contributed by atoms with van der Waals surface area (Å²) in [6.45, 7) is 6.24. The lowest BCUT2D eigenvalue weighted by atomic mass is 9.87. The van der Waals surface area contributed by atoms with E-state index in [1.165, 1.54) is 11.6 Å². The summed E-state index contributed by atoms with van der Waals surface area (Å²) >= 11 is 0.849. The summed E-state index contributed by atoms with van der Waals surface area (Å²) in [4.78, 5) is 37.0. The minimum Gasteiger partial charge on any atom is -0.268 e. The van der Waals surface area contributed by atoms with Crippen LogP contribution in [-0.2, 0) is 16.8 Å². The van der Waals surface area contributed by atoms with Gasteiger partial charge < -0.3 is 0 Å². The molecule has 0 N–H and O–H groups in total. The van der Waals surface area contributed by atoms with Crippen LogP contribution >= 0.6 is 11.8 Å². The molecular formula is C21H20N2O4S. The molecule has 144 valence electrons. The number of nitrogens with zero attached hydrogens (tertiary/aromatic N) is 2. The third-order valence-corrected chi connectivity index (χ3v) is 5.37. The number of hydrogen-bond donors (Lipinski definition) is 0. The van der Waals surface area contributed by atoms with Crippen LogP contribution in [0.25, 0.3) is 6.08 Å². The molecule has 0 aliphatic carbocycles. The number of rotatable bonds is 4. The van der Waals surface area contributed by atoms with Gasteiger partial charge in [0.15, 0.2) is 0 Å². The van der Waals surface area contributed by atoms with E-state index < -0.39 is 16.1 Å². The van der Waals surface area contributed by atoms with Crippen LogP contribution in [0.3, 0.4) is 0 Å². The van der Waals surface area contributed by atoms with Crippen LogP contribution in [0.5, 0.6) is 0 Å². The van der Waals surface area contributed by atoms with E-state index in [1.54, 1.807) is 24.3 Å². The Morgan fingerprint density at radius 3 is 2.32 bits per heavy atom. The fourth-order valence-electron chi connectivity index (χ4n) is 2.86. The lowest BCUT2D eigenvalue weighted by molar-refractivity contribution is -0.385. The highest BCUT2D eigenvalue weighted by Gasteiger charge is 2.36. The number of thioether (sulfide) groups is 1. The van der Waals surface area contributed by atoms with Gasteiger partial charge in [-0.1, -0.05) is 63.2 Å². The monoisotopic (exact) mass is 396 g/mol. The second-order valence-electron chi connectivity index (χ2n) is 7.53. The number of nitro benzene ring substituents is 1. The molecule has 0 aromatic heterocycles. The first-order valence-electron chi connectivity index (χ1n) is 8.75. The van der Waals surface area contributed by atoms with E-state index in [0.29, 0.717) is 10.5 Å². The van der Waals surface area contributed by atoms with E-state index in [2.05, 4.69) is 20.8 Å². The molecule has 0 radical (unpaired) electrons. The SMILES string of the molecule is CC(C)(C)c1ccc(/C=C2\SC(=O)N(Cc3ccccc3[N+](=O)[O-])C2=O)cc1. The first-order chi connectivity index (χ1) is 13.2. The van der Waals surface area contributed by atoms with Crippen molar-refractivity contribution in [3.8, 4) is 0 Å². The van der Waals surface area contributed by atoms with E-state index in [1.807, 2.05) is 24.3 Å². The topological polar surface area (TPSA) is 80.5 Å². The summed E-state index contributed by atoms with van der Waals surface area (Å²) in [7, 11) is 0. The van der Waals surface area contributed by atoms with Gasteiger partial charge in [0.05, 0.1) is 16.4 Å². The molecule has 0 atom stereocenters. The number of amides is 2. The summed E-state index contributed by atoms with van der Waals surface area (Å²) in [6.07, 6.45) is 1.68. The fraction of sp³-hybridized carbons (Fsp3) is 0.238. The highest BCUT2D eigenvalue weighted by Crippen LogP contribution is 2.34. The molecule has 0 saturated carbocycles. The second kappa shape index (κ2) is 7.59. The van der Waals surface area contributed by atoms with Crippen molar-refractivity contribution in [2.75, 3.05) is 0 Å². The minimum atomic E-state index is -0.513. The Hall–Kier alpha value is -2.93. The minimum absolute atomic E-state index is 0.0285. The molecule has 0 bridgehead atoms. The Morgan fingerprint density at radius 2 is 1.71 bits per heavy atom. The van der Waals surface area contributed by atoms with Crippen LogP contribution in [0.15, 0.2) is 53.4 Å². The van der Waals surface area contributed by atoms with Crippen molar-refractivity contribution in [2.45, 2.75) is 32.7 Å². The van der Waals surface area contributed by atoms with Crippen LogP contribution in [0, 0.1) is 10.1 Å². The Labute approximate surface area is 167 Å². The Kier molecular flexibility index (Phi) is 5.38. The van der Waals surface area contributed by atoms with Crippen molar-refractivity contribution in [3.63, 3.8) is 0 Å². The highest BCUT2D eigenvalue weighted by molar-refractivity contribution is 8.18. The zero-order valence-electron chi connectivity index (χ0n) is 15.8. The summed E-state index contributed by atoms with van der Waals surface area (Å²) in [6, 6.07) is 13.9. The van der Waals surface area contributed by atoms with Gasteiger partial charge in [0.1, 0.15) is 0 Å². The van der Waals surface area contributed by atoms with Crippen molar-refractivity contribution in [1.29, 1.82) is 0 Å². The Bertz CT molecular complexity index is 975. The van der Waals surface area contributed by atoms with E-state index in [0.717, 1.165) is 22.2 Å². The summed E-state index contributed by atoms with van der Waals surface area (Å²) < 4.78 is 0. The van der Waals surface area contributed by atoms with Gasteiger partial charge in [-0.15, -0.1) is 0 Å². The third-order valence-electron chi connectivity index (χ3n) is 4.46. The largest absolute Gasteiger partial charge is 0.293 e. The van der Waals surface area contributed by atoms with Crippen molar-refractivity contribution >= 4 is 34.7 Å². The van der Waals surface area contributed by atoms with Gasteiger partial charge in [-0.25, -0.2) is 0 Å². The zero-order valence-corrected chi connectivity index (χ0v) is 16.7. The molecule has 6 nitrogen and oxygen atoms in total. The standard InChI is InChI=1S/C21H20N2O4S/c1-21(2,3)16-10-8-14(9-11-16)12-18-19(24)22(20(25)28-18)13-15-6-4-5-7-17(15)23(26)27/h4-12H,13H2,1-3H3/b18-12-. The average molecular weight is 396 g/mol. The molecule has 1 aliphatic rings. The number of carbonyl (C=O) groups is 2. The van der Waals surface area contributed by atoms with Gasteiger partial charge in [0.25, 0.3) is 16.8 Å². The molecule has 2 amide bonds. The number of hydrogen-bond acceptors (Lipinski definition) is 5. The number of para-hydroxylation sites is 1. The van der Waals surface area contributed by atoms with Gasteiger partial charge in [-0.2, -0.15) is 0 Å². The molecule has 0 spiro atoms. The Balaban J connectivity index is 1.82. The van der Waals surface area contributed by atoms with Crippen molar-refractivity contribution in [2.24, 2.45) is 0 Å². The molecule has 7 heteroatoms. The number of nitro groups is 1. The molecule has 1 saturated heterocycles. The molecule has 0 unspecified atom stereocenters. The Morgan fingerprint density at radius 1 is 1.07 bits per heavy atom. The van der Waals surface area contributed by atoms with E-state index in [-0.39, 0.29) is 17.6 Å². The third kappa shape index (κ3) is 4.14. The number of carbonyl (C=O) groups excluding carboxylic acids is 2. The summed E-state index contributed by atoms with van der Waals surface area (Å²) in [5.74, 6) is -0.437. The maximum absolute atomic E-state index is 12.7. The van der Waals surface area contributed by atoms with Crippen LogP contribution in [-0.4, -0.2) is 21.0 Å². The van der Waals surface area contributed by atoms with Gasteiger partial charge in [0.2, 0.25) is 0 Å². The molecule has 1 aliphatic heterocycles. The van der Waals surface area contributed by atoms with E-state index >= 15 is 0 Å². The van der Waals surface area contributed by atoms with E-state index in [9.17, 15) is 19.7 Å². The van der Waals surface area contributed by atoms with Gasteiger partial charge in [-0.3, -0.25) is 24.6 Å². The number of imide groups is 1.